The van der Waals surface area contributed by atoms with Gasteiger partial charge in [-0.05, 0) is 45.1 Å². The van der Waals surface area contributed by atoms with E-state index in [0.717, 1.165) is 18.4 Å². The van der Waals surface area contributed by atoms with E-state index in [1.807, 2.05) is 13.8 Å². The zero-order valence-electron chi connectivity index (χ0n) is 15.0. The topological polar surface area (TPSA) is 118 Å². The summed E-state index contributed by atoms with van der Waals surface area (Å²) in [5, 5.41) is -2.49. The van der Waals surface area contributed by atoms with E-state index in [1.54, 1.807) is 6.92 Å². The fourth-order valence-electron chi connectivity index (χ4n) is 4.38. The van der Waals surface area contributed by atoms with Crippen LogP contribution in [0.4, 0.5) is 0 Å². The molecule has 0 aliphatic heterocycles. The van der Waals surface area contributed by atoms with Crippen molar-refractivity contribution in [1.29, 1.82) is 0 Å². The maximum absolute atomic E-state index is 12.4. The van der Waals surface area contributed by atoms with E-state index in [9.17, 15) is 28.7 Å². The third kappa shape index (κ3) is 3.33. The van der Waals surface area contributed by atoms with Crippen LogP contribution in [0.25, 0.3) is 0 Å². The van der Waals surface area contributed by atoms with Crippen molar-refractivity contribution in [2.45, 2.75) is 76.8 Å². The van der Waals surface area contributed by atoms with E-state index >= 15 is 0 Å². The molecule has 142 valence electrons. The Morgan fingerprint density at radius 3 is 2.00 bits per heavy atom. The smallest absolute Gasteiger partial charge is 0.323 e. The SMILES string of the molecule is CCC1=CCCCC1(CC)N(CC)C(CC)(P(=O)(O)O)P(=O)(O)O. The van der Waals surface area contributed by atoms with Crippen LogP contribution in [0.3, 0.4) is 0 Å². The van der Waals surface area contributed by atoms with Gasteiger partial charge in [0.1, 0.15) is 0 Å². The highest BCUT2D eigenvalue weighted by Crippen LogP contribution is 2.73. The van der Waals surface area contributed by atoms with Crippen LogP contribution in [0.15, 0.2) is 11.6 Å². The first kappa shape index (κ1) is 22.0. The van der Waals surface area contributed by atoms with Gasteiger partial charge in [-0.15, -0.1) is 0 Å². The summed E-state index contributed by atoms with van der Waals surface area (Å²) in [4.78, 5) is 41.5. The van der Waals surface area contributed by atoms with Gasteiger partial charge in [0.2, 0.25) is 5.02 Å². The Labute approximate surface area is 144 Å². The lowest BCUT2D eigenvalue weighted by Crippen LogP contribution is -2.61. The van der Waals surface area contributed by atoms with Crippen LogP contribution in [-0.2, 0) is 9.13 Å². The molecular formula is C15H31NO6P2. The van der Waals surface area contributed by atoms with Crippen molar-refractivity contribution in [3.05, 3.63) is 11.6 Å². The normalized spacial score (nSPS) is 23.5. The Hall–Kier alpha value is -0.0000000000000000416. The monoisotopic (exact) mass is 383 g/mol. The highest BCUT2D eigenvalue weighted by atomic mass is 31.2. The molecule has 1 rings (SSSR count). The van der Waals surface area contributed by atoms with Gasteiger partial charge < -0.3 is 19.6 Å². The molecule has 4 N–H and O–H groups in total. The maximum atomic E-state index is 12.4. The summed E-state index contributed by atoms with van der Waals surface area (Å²) in [6.07, 6.45) is 5.32. The summed E-state index contributed by atoms with van der Waals surface area (Å²) in [6.45, 7) is 7.17. The summed E-state index contributed by atoms with van der Waals surface area (Å²) in [7, 11) is -10.2. The van der Waals surface area contributed by atoms with Gasteiger partial charge in [-0.2, -0.15) is 0 Å². The van der Waals surface area contributed by atoms with Gasteiger partial charge in [0.05, 0.1) is 0 Å². The predicted octanol–water partition coefficient (Wildman–Crippen LogP) is 3.40. The van der Waals surface area contributed by atoms with Crippen molar-refractivity contribution in [2.75, 3.05) is 6.54 Å². The molecule has 0 saturated carbocycles. The molecule has 1 atom stereocenters. The van der Waals surface area contributed by atoms with Gasteiger partial charge in [0, 0.05) is 5.54 Å². The minimum absolute atomic E-state index is 0.148. The van der Waals surface area contributed by atoms with Crippen molar-refractivity contribution < 1.29 is 28.7 Å². The van der Waals surface area contributed by atoms with Crippen LogP contribution in [0.1, 0.15) is 66.2 Å². The van der Waals surface area contributed by atoms with Crippen LogP contribution in [0.5, 0.6) is 0 Å². The molecule has 0 aromatic heterocycles. The number of hydrogen-bond acceptors (Lipinski definition) is 3. The van der Waals surface area contributed by atoms with E-state index in [2.05, 4.69) is 6.08 Å². The average molecular weight is 383 g/mol. The van der Waals surface area contributed by atoms with Gasteiger partial charge in [0.25, 0.3) is 0 Å². The van der Waals surface area contributed by atoms with E-state index in [1.165, 1.54) is 11.8 Å². The lowest BCUT2D eigenvalue weighted by Gasteiger charge is -2.55. The molecule has 0 bridgehead atoms. The number of likely N-dealkylation sites (N-methyl/N-ethyl adjacent to an activating group) is 1. The molecular weight excluding hydrogens is 352 g/mol. The molecule has 0 spiro atoms. The molecule has 0 fully saturated rings. The van der Waals surface area contributed by atoms with Gasteiger partial charge in [0.15, 0.2) is 0 Å². The molecule has 1 aliphatic rings. The Kier molecular flexibility index (Phi) is 7.08. The number of rotatable bonds is 8. The first-order valence-electron chi connectivity index (χ1n) is 8.57. The predicted molar refractivity (Wildman–Crippen MR) is 94.7 cm³/mol. The summed E-state index contributed by atoms with van der Waals surface area (Å²) in [5.74, 6) is 0. The number of hydrogen-bond donors (Lipinski definition) is 4. The quantitative estimate of drug-likeness (QED) is 0.375. The molecule has 9 heteroatoms. The zero-order valence-corrected chi connectivity index (χ0v) is 16.8. The van der Waals surface area contributed by atoms with Gasteiger partial charge >= 0.3 is 15.2 Å². The molecule has 0 aromatic rings. The second-order valence-electron chi connectivity index (χ2n) is 6.32. The van der Waals surface area contributed by atoms with Crippen LogP contribution >= 0.6 is 15.2 Å². The summed E-state index contributed by atoms with van der Waals surface area (Å²) in [5.41, 5.74) is 0.276. The molecule has 7 nitrogen and oxygen atoms in total. The lowest BCUT2D eigenvalue weighted by atomic mass is 9.75. The summed E-state index contributed by atoms with van der Waals surface area (Å²) < 4.78 is 24.7. The first-order valence-corrected chi connectivity index (χ1v) is 11.8. The van der Waals surface area contributed by atoms with Crippen LogP contribution in [0, 0.1) is 0 Å². The van der Waals surface area contributed by atoms with Crippen molar-refractivity contribution in [2.24, 2.45) is 0 Å². The van der Waals surface area contributed by atoms with E-state index in [0.29, 0.717) is 19.3 Å². The summed E-state index contributed by atoms with van der Waals surface area (Å²) >= 11 is 0. The van der Waals surface area contributed by atoms with E-state index in [4.69, 9.17) is 0 Å². The zero-order chi connectivity index (χ0) is 18.8. The second kappa shape index (κ2) is 7.71. The van der Waals surface area contributed by atoms with Crippen LogP contribution in [0.2, 0.25) is 0 Å². The molecule has 0 radical (unpaired) electrons. The minimum Gasteiger partial charge on any atom is -0.323 e. The first-order chi connectivity index (χ1) is 11.0. The van der Waals surface area contributed by atoms with E-state index < -0.39 is 25.8 Å². The molecule has 1 aliphatic carbocycles. The summed E-state index contributed by atoms with van der Waals surface area (Å²) in [6, 6.07) is 0. The van der Waals surface area contributed by atoms with Gasteiger partial charge in [-0.25, -0.2) is 0 Å². The molecule has 0 aromatic carbocycles. The molecule has 0 saturated heterocycles. The Morgan fingerprint density at radius 1 is 1.12 bits per heavy atom. The Bertz CT molecular complexity index is 544. The highest BCUT2D eigenvalue weighted by Gasteiger charge is 2.66. The molecule has 0 amide bonds. The van der Waals surface area contributed by atoms with Gasteiger partial charge in [-0.1, -0.05) is 39.3 Å². The fourth-order valence-corrected chi connectivity index (χ4v) is 7.86. The lowest BCUT2D eigenvalue weighted by molar-refractivity contribution is 0.0419. The van der Waals surface area contributed by atoms with Crippen molar-refractivity contribution in [1.82, 2.24) is 4.90 Å². The van der Waals surface area contributed by atoms with Gasteiger partial charge in [-0.3, -0.25) is 14.0 Å². The largest absolute Gasteiger partial charge is 0.358 e. The molecule has 24 heavy (non-hydrogen) atoms. The van der Waals surface area contributed by atoms with Crippen LogP contribution < -0.4 is 0 Å². The standard InChI is InChI=1S/C15H31NO6P2/c1-5-13-11-9-10-12-14(13,6-2)16(8-4)15(7-3,23(17,18)19)24(20,21)22/h11H,5-10,12H2,1-4H3,(H2,17,18,19)(H2,20,21,22). The van der Waals surface area contributed by atoms with Crippen molar-refractivity contribution in [3.8, 4) is 0 Å². The Balaban J connectivity index is 3.76. The van der Waals surface area contributed by atoms with Crippen molar-refractivity contribution in [3.63, 3.8) is 0 Å². The molecule has 0 heterocycles. The Morgan fingerprint density at radius 2 is 1.67 bits per heavy atom. The van der Waals surface area contributed by atoms with E-state index in [-0.39, 0.29) is 13.0 Å². The minimum atomic E-state index is -5.12. The van der Waals surface area contributed by atoms with Crippen LogP contribution in [-0.4, -0.2) is 41.6 Å². The second-order valence-corrected chi connectivity index (χ2v) is 10.3. The maximum Gasteiger partial charge on any atom is 0.358 e. The number of nitrogens with zero attached hydrogens (tertiary/aromatic N) is 1. The number of allylic oxidation sites excluding steroid dienone is 1. The third-order valence-corrected chi connectivity index (χ3v) is 9.97. The van der Waals surface area contributed by atoms with Crippen molar-refractivity contribution >= 4 is 15.2 Å². The third-order valence-electron chi connectivity index (χ3n) is 5.42. The highest BCUT2D eigenvalue weighted by molar-refractivity contribution is 7.72. The average Bonchev–Trinajstić information content (AvgIpc) is 2.49. The fraction of sp³-hybridized carbons (Fsp3) is 0.867. The molecule has 1 unspecified atom stereocenters.